The molecule has 27 heavy (non-hydrogen) atoms. The summed E-state index contributed by atoms with van der Waals surface area (Å²) in [6.45, 7) is -0.0598. The Balaban J connectivity index is 2.26. The van der Waals surface area contributed by atoms with Gasteiger partial charge in [-0.3, -0.25) is 10.1 Å². The molecule has 3 rings (SSSR count). The van der Waals surface area contributed by atoms with Gasteiger partial charge in [0.1, 0.15) is 6.61 Å². The summed E-state index contributed by atoms with van der Waals surface area (Å²) in [6.07, 6.45) is 0. The highest BCUT2D eigenvalue weighted by Crippen LogP contribution is 2.43. The molecule has 0 N–H and O–H groups in total. The van der Waals surface area contributed by atoms with Crippen molar-refractivity contribution in [3.63, 3.8) is 0 Å². The molecule has 0 saturated carbocycles. The molecule has 0 amide bonds. The summed E-state index contributed by atoms with van der Waals surface area (Å²) in [4.78, 5) is 23.3. The first-order chi connectivity index (χ1) is 13.0. The Morgan fingerprint density at radius 1 is 1.04 bits per heavy atom. The molecule has 8 nitrogen and oxygen atoms in total. The smallest absolute Gasteiger partial charge is 0.339 e. The maximum Gasteiger partial charge on any atom is 0.339 e. The monoisotopic (exact) mass is 371 g/mol. The number of esters is 1. The molecule has 0 atom stereocenters. The van der Waals surface area contributed by atoms with Crippen molar-refractivity contribution in [1.82, 2.24) is 0 Å². The third-order valence-electron chi connectivity index (χ3n) is 4.23. The number of carbonyl (C=O) groups is 1. The summed E-state index contributed by atoms with van der Waals surface area (Å²) < 4.78 is 21.1. The van der Waals surface area contributed by atoms with Gasteiger partial charge in [0, 0.05) is 11.6 Å². The number of hydrogen-bond donors (Lipinski definition) is 0. The van der Waals surface area contributed by atoms with Gasteiger partial charge in [-0.2, -0.15) is 0 Å². The Bertz CT molecular complexity index is 924. The lowest BCUT2D eigenvalue weighted by Gasteiger charge is -2.14. The number of hydrogen-bond acceptors (Lipinski definition) is 7. The minimum atomic E-state index is -0.572. The summed E-state index contributed by atoms with van der Waals surface area (Å²) in [7, 11) is 4.40. The van der Waals surface area contributed by atoms with Crippen molar-refractivity contribution in [2.45, 2.75) is 0 Å². The summed E-state index contributed by atoms with van der Waals surface area (Å²) in [5, 5.41) is 11.4. The van der Waals surface area contributed by atoms with Crippen LogP contribution in [0.4, 0.5) is 5.69 Å². The summed E-state index contributed by atoms with van der Waals surface area (Å²) in [5.74, 6) is 0.530. The van der Waals surface area contributed by atoms with Crippen molar-refractivity contribution < 1.29 is 28.7 Å². The van der Waals surface area contributed by atoms with Crippen LogP contribution in [0.25, 0.3) is 11.1 Å². The highest BCUT2D eigenvalue weighted by atomic mass is 16.6. The number of carbonyl (C=O) groups excluding carboxylic acids is 1. The van der Waals surface area contributed by atoms with Gasteiger partial charge < -0.3 is 18.9 Å². The van der Waals surface area contributed by atoms with Crippen molar-refractivity contribution in [2.75, 3.05) is 27.9 Å². The molecule has 0 fully saturated rings. The predicted octanol–water partition coefficient (Wildman–Crippen LogP) is 3.09. The number of nitro groups is 1. The van der Waals surface area contributed by atoms with Gasteiger partial charge in [-0.05, 0) is 23.8 Å². The standard InChI is InChI=1S/C19H17NO7/c1-24-15-8-11(9-16(25-2)18(15)26-3)17-13(10-27-19(17)21)12-6-4-5-7-14(12)20(22)23/h4-9H,10H2,1-3H3. The first-order valence-corrected chi connectivity index (χ1v) is 7.96. The molecule has 0 spiro atoms. The van der Waals surface area contributed by atoms with E-state index >= 15 is 0 Å². The van der Waals surface area contributed by atoms with Crippen LogP contribution in [0.5, 0.6) is 17.2 Å². The van der Waals surface area contributed by atoms with E-state index in [1.54, 1.807) is 30.3 Å². The lowest BCUT2D eigenvalue weighted by Crippen LogP contribution is -2.02. The fourth-order valence-electron chi connectivity index (χ4n) is 3.02. The van der Waals surface area contributed by atoms with Gasteiger partial charge in [-0.15, -0.1) is 0 Å². The van der Waals surface area contributed by atoms with Crippen LogP contribution in [0.2, 0.25) is 0 Å². The minimum Gasteiger partial charge on any atom is -0.493 e. The second-order valence-corrected chi connectivity index (χ2v) is 5.62. The van der Waals surface area contributed by atoms with Crippen molar-refractivity contribution in [3.8, 4) is 17.2 Å². The Labute approximate surface area is 155 Å². The zero-order valence-corrected chi connectivity index (χ0v) is 15.0. The van der Waals surface area contributed by atoms with Crippen LogP contribution in [-0.2, 0) is 9.53 Å². The van der Waals surface area contributed by atoms with Gasteiger partial charge in [0.15, 0.2) is 11.5 Å². The van der Waals surface area contributed by atoms with Crippen molar-refractivity contribution in [3.05, 3.63) is 57.6 Å². The first-order valence-electron chi connectivity index (χ1n) is 7.96. The maximum atomic E-state index is 12.4. The van der Waals surface area contributed by atoms with Gasteiger partial charge in [-0.1, -0.05) is 12.1 Å². The average Bonchev–Trinajstić information content (AvgIpc) is 3.07. The molecular weight excluding hydrogens is 354 g/mol. The molecule has 140 valence electrons. The highest BCUT2D eigenvalue weighted by Gasteiger charge is 2.32. The van der Waals surface area contributed by atoms with Gasteiger partial charge in [0.25, 0.3) is 5.69 Å². The van der Waals surface area contributed by atoms with Crippen molar-refractivity contribution in [2.24, 2.45) is 0 Å². The molecule has 1 aliphatic rings. The van der Waals surface area contributed by atoms with E-state index in [2.05, 4.69) is 0 Å². The van der Waals surface area contributed by atoms with Crippen LogP contribution in [0.1, 0.15) is 11.1 Å². The zero-order valence-electron chi connectivity index (χ0n) is 15.0. The van der Waals surface area contributed by atoms with Crippen LogP contribution in [-0.4, -0.2) is 38.8 Å². The molecule has 0 aliphatic carbocycles. The average molecular weight is 371 g/mol. The number of nitrogens with zero attached hydrogens (tertiary/aromatic N) is 1. The largest absolute Gasteiger partial charge is 0.493 e. The number of para-hydroxylation sites is 1. The third kappa shape index (κ3) is 3.17. The van der Waals surface area contributed by atoms with Gasteiger partial charge >= 0.3 is 5.97 Å². The molecule has 0 radical (unpaired) electrons. The van der Waals surface area contributed by atoms with E-state index in [0.29, 0.717) is 33.9 Å². The second-order valence-electron chi connectivity index (χ2n) is 5.62. The molecule has 0 saturated heterocycles. The predicted molar refractivity (Wildman–Crippen MR) is 97.0 cm³/mol. The van der Waals surface area contributed by atoms with E-state index in [9.17, 15) is 14.9 Å². The second kappa shape index (κ2) is 7.36. The number of methoxy groups -OCH3 is 3. The van der Waals surface area contributed by atoms with Crippen LogP contribution in [0.3, 0.4) is 0 Å². The lowest BCUT2D eigenvalue weighted by atomic mass is 9.95. The molecule has 8 heteroatoms. The molecule has 1 heterocycles. The number of ether oxygens (including phenoxy) is 4. The quantitative estimate of drug-likeness (QED) is 0.437. The zero-order chi connectivity index (χ0) is 19.6. The maximum absolute atomic E-state index is 12.4. The fourth-order valence-corrected chi connectivity index (χ4v) is 3.02. The van der Waals surface area contributed by atoms with Crippen molar-refractivity contribution >= 4 is 22.8 Å². The molecule has 1 aliphatic heterocycles. The van der Waals surface area contributed by atoms with E-state index in [1.807, 2.05) is 0 Å². The SMILES string of the molecule is COc1cc(C2=C(c3ccccc3[N+](=O)[O-])COC2=O)cc(OC)c1OC. The van der Waals surface area contributed by atoms with E-state index in [1.165, 1.54) is 27.4 Å². The Morgan fingerprint density at radius 3 is 2.22 bits per heavy atom. The third-order valence-corrected chi connectivity index (χ3v) is 4.23. The molecule has 2 aromatic rings. The van der Waals surface area contributed by atoms with E-state index < -0.39 is 10.9 Å². The molecular formula is C19H17NO7. The summed E-state index contributed by atoms with van der Waals surface area (Å²) in [5.41, 5.74) is 1.35. The van der Waals surface area contributed by atoms with Gasteiger partial charge in [0.2, 0.25) is 5.75 Å². The molecule has 0 bridgehead atoms. The van der Waals surface area contributed by atoms with Gasteiger partial charge in [0.05, 0.1) is 37.4 Å². The van der Waals surface area contributed by atoms with Crippen LogP contribution in [0, 0.1) is 10.1 Å². The number of nitro benzene ring substituents is 1. The Kier molecular flexibility index (Phi) is 4.98. The topological polar surface area (TPSA) is 97.1 Å². The number of benzene rings is 2. The first kappa shape index (κ1) is 18.2. The summed E-state index contributed by atoms with van der Waals surface area (Å²) >= 11 is 0. The van der Waals surface area contributed by atoms with Crippen molar-refractivity contribution in [1.29, 1.82) is 0 Å². The van der Waals surface area contributed by atoms with E-state index in [0.717, 1.165) is 0 Å². The Morgan fingerprint density at radius 2 is 1.67 bits per heavy atom. The van der Waals surface area contributed by atoms with Crippen LogP contribution < -0.4 is 14.2 Å². The molecule has 2 aromatic carbocycles. The molecule has 0 aromatic heterocycles. The number of rotatable bonds is 6. The number of cyclic esters (lactones) is 1. The van der Waals surface area contributed by atoms with Crippen LogP contribution in [0.15, 0.2) is 36.4 Å². The highest BCUT2D eigenvalue weighted by molar-refractivity contribution is 6.27. The molecule has 0 unspecified atom stereocenters. The van der Waals surface area contributed by atoms with Gasteiger partial charge in [-0.25, -0.2) is 4.79 Å². The normalized spacial score (nSPS) is 13.4. The minimum absolute atomic E-state index is 0.0598. The summed E-state index contributed by atoms with van der Waals surface area (Å²) in [6, 6.07) is 9.44. The van der Waals surface area contributed by atoms with E-state index in [4.69, 9.17) is 18.9 Å². The van der Waals surface area contributed by atoms with Crippen LogP contribution >= 0.6 is 0 Å². The van der Waals surface area contributed by atoms with E-state index in [-0.39, 0.29) is 17.9 Å². The Hall–Kier alpha value is -3.55. The lowest BCUT2D eigenvalue weighted by molar-refractivity contribution is -0.385. The fraction of sp³-hybridized carbons (Fsp3) is 0.211.